The van der Waals surface area contributed by atoms with Gasteiger partial charge in [0.2, 0.25) is 0 Å². The molecule has 0 aromatic heterocycles. The van der Waals surface area contributed by atoms with Crippen molar-refractivity contribution in [1.82, 2.24) is 0 Å². The van der Waals surface area contributed by atoms with Crippen molar-refractivity contribution < 1.29 is 9.53 Å². The summed E-state index contributed by atoms with van der Waals surface area (Å²) in [5.41, 5.74) is 2.55. The lowest BCUT2D eigenvalue weighted by molar-refractivity contribution is -0.128. The molecule has 27 heavy (non-hydrogen) atoms. The quantitative estimate of drug-likeness (QED) is 0.316. The van der Waals surface area contributed by atoms with Gasteiger partial charge in [0.1, 0.15) is 0 Å². The summed E-state index contributed by atoms with van der Waals surface area (Å²) in [6, 6.07) is 25.3. The third-order valence-corrected chi connectivity index (χ3v) is 6.63. The van der Waals surface area contributed by atoms with Crippen LogP contribution in [-0.2, 0) is 22.4 Å². The maximum atomic E-state index is 10.5. The van der Waals surface area contributed by atoms with E-state index in [-0.39, 0.29) is 0 Å². The van der Waals surface area contributed by atoms with E-state index in [0.29, 0.717) is 19.5 Å². The van der Waals surface area contributed by atoms with Crippen molar-refractivity contribution >= 4 is 30.0 Å². The molecule has 0 fully saturated rings. The summed E-state index contributed by atoms with van der Waals surface area (Å²) in [5.74, 6) is 0. The number of hydrogen-bond acceptors (Lipinski definition) is 4. The molecule has 0 N–H and O–H groups in total. The zero-order chi connectivity index (χ0) is 18.9. The van der Waals surface area contributed by atoms with E-state index in [2.05, 4.69) is 67.6 Å². The number of ether oxygens (including phenoxy) is 1. The van der Waals surface area contributed by atoms with Crippen LogP contribution in [0.15, 0.2) is 92.4 Å². The summed E-state index contributed by atoms with van der Waals surface area (Å²) in [5, 5.41) is 0. The molecule has 3 aromatic carbocycles. The highest BCUT2D eigenvalue weighted by molar-refractivity contribution is 8.02. The van der Waals surface area contributed by atoms with Crippen LogP contribution in [0.2, 0.25) is 0 Å². The monoisotopic (exact) mass is 394 g/mol. The first-order valence-corrected chi connectivity index (χ1v) is 10.6. The summed E-state index contributed by atoms with van der Waals surface area (Å²) >= 11 is 3.59. The summed E-state index contributed by atoms with van der Waals surface area (Å²) in [6.07, 6.45) is 1.68. The van der Waals surface area contributed by atoms with E-state index in [4.69, 9.17) is 4.74 Å². The Morgan fingerprint density at radius 1 is 0.778 bits per heavy atom. The first-order chi connectivity index (χ1) is 13.3. The lowest BCUT2D eigenvalue weighted by Crippen LogP contribution is -2.01. The van der Waals surface area contributed by atoms with Gasteiger partial charge in [-0.15, -0.1) is 0 Å². The van der Waals surface area contributed by atoms with Crippen molar-refractivity contribution in [2.75, 3.05) is 6.61 Å². The lowest BCUT2D eigenvalue weighted by atomic mass is 10.1. The molecule has 0 aliphatic heterocycles. The molecule has 0 saturated heterocycles. The maximum absolute atomic E-state index is 10.5. The molecular weight excluding hydrogens is 372 g/mol. The fourth-order valence-electron chi connectivity index (χ4n) is 2.77. The molecule has 0 spiro atoms. The predicted molar refractivity (Wildman–Crippen MR) is 113 cm³/mol. The number of benzene rings is 3. The largest absolute Gasteiger partial charge is 0.468 e. The van der Waals surface area contributed by atoms with Crippen molar-refractivity contribution in [1.29, 1.82) is 0 Å². The van der Waals surface area contributed by atoms with Crippen LogP contribution < -0.4 is 0 Å². The Bertz CT molecular complexity index is 864. The smallest absolute Gasteiger partial charge is 0.293 e. The molecule has 0 atom stereocenters. The molecule has 0 saturated carbocycles. The first-order valence-electron chi connectivity index (χ1n) is 8.97. The topological polar surface area (TPSA) is 26.3 Å². The highest BCUT2D eigenvalue weighted by atomic mass is 32.2. The minimum Gasteiger partial charge on any atom is -0.468 e. The van der Waals surface area contributed by atoms with E-state index in [1.54, 1.807) is 23.5 Å². The van der Waals surface area contributed by atoms with Crippen molar-refractivity contribution in [2.24, 2.45) is 0 Å². The molecule has 3 aromatic rings. The van der Waals surface area contributed by atoms with Gasteiger partial charge in [0.05, 0.1) is 6.61 Å². The van der Waals surface area contributed by atoms with Crippen molar-refractivity contribution in [3.8, 4) is 0 Å². The van der Waals surface area contributed by atoms with Crippen LogP contribution in [0.1, 0.15) is 18.1 Å². The second-order valence-electron chi connectivity index (χ2n) is 5.94. The van der Waals surface area contributed by atoms with Crippen LogP contribution in [0, 0.1) is 0 Å². The van der Waals surface area contributed by atoms with Crippen LogP contribution in [0.25, 0.3) is 0 Å². The van der Waals surface area contributed by atoms with E-state index in [1.807, 2.05) is 12.1 Å². The van der Waals surface area contributed by atoms with Gasteiger partial charge >= 0.3 is 0 Å². The molecule has 138 valence electrons. The van der Waals surface area contributed by atoms with E-state index in [0.717, 1.165) is 6.42 Å². The normalized spacial score (nSPS) is 10.6. The first kappa shape index (κ1) is 19.6. The van der Waals surface area contributed by atoms with E-state index in [1.165, 1.54) is 30.7 Å². The number of rotatable bonds is 9. The van der Waals surface area contributed by atoms with Gasteiger partial charge in [-0.25, -0.2) is 0 Å². The molecule has 0 aliphatic rings. The second kappa shape index (κ2) is 10.2. The Kier molecular flexibility index (Phi) is 7.43. The van der Waals surface area contributed by atoms with Crippen LogP contribution in [-0.4, -0.2) is 13.1 Å². The maximum Gasteiger partial charge on any atom is 0.293 e. The molecule has 0 radical (unpaired) electrons. The molecule has 3 rings (SSSR count). The van der Waals surface area contributed by atoms with Gasteiger partial charge in [0.15, 0.2) is 0 Å². The summed E-state index contributed by atoms with van der Waals surface area (Å²) in [4.78, 5) is 15.5. The average Bonchev–Trinajstić information content (AvgIpc) is 2.72. The Morgan fingerprint density at radius 3 is 1.81 bits per heavy atom. The fourth-order valence-corrected chi connectivity index (χ4v) is 5.17. The number of hydrogen-bond donors (Lipinski definition) is 0. The third kappa shape index (κ3) is 5.41. The zero-order valence-corrected chi connectivity index (χ0v) is 16.9. The van der Waals surface area contributed by atoms with Crippen molar-refractivity contribution in [3.05, 3.63) is 83.9 Å². The van der Waals surface area contributed by atoms with E-state index in [9.17, 15) is 4.79 Å². The molecule has 0 heterocycles. The van der Waals surface area contributed by atoms with Crippen LogP contribution >= 0.6 is 23.5 Å². The molecule has 0 bridgehead atoms. The van der Waals surface area contributed by atoms with E-state index < -0.39 is 0 Å². The molecule has 0 amide bonds. The summed E-state index contributed by atoms with van der Waals surface area (Å²) in [7, 11) is 0. The van der Waals surface area contributed by atoms with Gasteiger partial charge in [-0.1, -0.05) is 79.0 Å². The molecule has 0 unspecified atom stereocenters. The molecule has 0 aliphatic carbocycles. The Hall–Kier alpha value is -2.17. The minimum absolute atomic E-state index is 0.396. The average molecular weight is 395 g/mol. The van der Waals surface area contributed by atoms with Gasteiger partial charge in [-0.05, 0) is 41.8 Å². The van der Waals surface area contributed by atoms with Crippen molar-refractivity contribution in [2.45, 2.75) is 39.3 Å². The van der Waals surface area contributed by atoms with Gasteiger partial charge < -0.3 is 4.74 Å². The highest BCUT2D eigenvalue weighted by Crippen LogP contribution is 2.43. The number of aryl methyl sites for hydroxylation is 1. The SMILES string of the molecule is CCc1ccc(CCOC=O)c(Sc2ccccc2)c1Sc1ccccc1. The standard InChI is InChI=1S/C23H22O2S2/c1-2-18-13-14-19(15-16-25-17-24)23(27-21-11-7-4-8-12-21)22(18)26-20-9-5-3-6-10-20/h3-14,17H,2,15-16H2,1H3. The van der Waals surface area contributed by atoms with Crippen LogP contribution in [0.3, 0.4) is 0 Å². The highest BCUT2D eigenvalue weighted by Gasteiger charge is 2.15. The Morgan fingerprint density at radius 2 is 1.30 bits per heavy atom. The number of carbonyl (C=O) groups excluding carboxylic acids is 1. The Balaban J connectivity index is 2.03. The summed E-state index contributed by atoms with van der Waals surface area (Å²) < 4.78 is 4.96. The van der Waals surface area contributed by atoms with Gasteiger partial charge in [0, 0.05) is 26.0 Å². The second-order valence-corrected chi connectivity index (χ2v) is 8.11. The van der Waals surface area contributed by atoms with Crippen LogP contribution in [0.4, 0.5) is 0 Å². The third-order valence-electron chi connectivity index (χ3n) is 4.14. The summed E-state index contributed by atoms with van der Waals surface area (Å²) in [6.45, 7) is 3.10. The molecule has 4 heteroatoms. The predicted octanol–water partition coefficient (Wildman–Crippen LogP) is 6.27. The van der Waals surface area contributed by atoms with Gasteiger partial charge in [-0.2, -0.15) is 0 Å². The van der Waals surface area contributed by atoms with E-state index >= 15 is 0 Å². The fraction of sp³-hybridized carbons (Fsp3) is 0.174. The minimum atomic E-state index is 0.396. The molecule has 2 nitrogen and oxygen atoms in total. The van der Waals surface area contributed by atoms with Gasteiger partial charge in [-0.3, -0.25) is 4.79 Å². The molecular formula is C23H22O2S2. The lowest BCUT2D eigenvalue weighted by Gasteiger charge is -2.18. The number of carbonyl (C=O) groups is 1. The Labute approximate surface area is 169 Å². The van der Waals surface area contributed by atoms with Crippen molar-refractivity contribution in [3.63, 3.8) is 0 Å². The van der Waals surface area contributed by atoms with Gasteiger partial charge in [0.25, 0.3) is 6.47 Å². The van der Waals surface area contributed by atoms with Crippen LogP contribution in [0.5, 0.6) is 0 Å². The zero-order valence-electron chi connectivity index (χ0n) is 15.3.